The van der Waals surface area contributed by atoms with Crippen molar-refractivity contribution in [3.05, 3.63) is 34.6 Å². The van der Waals surface area contributed by atoms with Crippen LogP contribution in [0.3, 0.4) is 0 Å². The van der Waals surface area contributed by atoms with Gasteiger partial charge in [0, 0.05) is 17.9 Å². The van der Waals surface area contributed by atoms with Crippen LogP contribution in [-0.2, 0) is 0 Å². The van der Waals surface area contributed by atoms with Gasteiger partial charge >= 0.3 is 0 Å². The summed E-state index contributed by atoms with van der Waals surface area (Å²) in [5, 5.41) is 0.0268. The maximum atomic E-state index is 13.0. The van der Waals surface area contributed by atoms with Gasteiger partial charge in [0.15, 0.2) is 5.78 Å². The fourth-order valence-electron chi connectivity index (χ4n) is 1.04. The Kier molecular flexibility index (Phi) is 4.36. The minimum absolute atomic E-state index is 0.0268. The Morgan fingerprint density at radius 1 is 1.43 bits per heavy atom. The molecule has 4 heteroatoms. The highest BCUT2D eigenvalue weighted by molar-refractivity contribution is 6.30. The third-order valence-corrected chi connectivity index (χ3v) is 2.35. The summed E-state index contributed by atoms with van der Waals surface area (Å²) in [5.74, 6) is -0.244. The van der Waals surface area contributed by atoms with Crippen molar-refractivity contribution in [2.75, 3.05) is 5.88 Å². The normalized spacial score (nSPS) is 10.2. The van der Waals surface area contributed by atoms with Crippen LogP contribution in [0.4, 0.5) is 4.39 Å². The summed E-state index contributed by atoms with van der Waals surface area (Å²) in [5.41, 5.74) is 0.344. The third-order valence-electron chi connectivity index (χ3n) is 1.78. The second-order valence-electron chi connectivity index (χ2n) is 2.84. The monoisotopic (exact) mass is 234 g/mol. The summed E-state index contributed by atoms with van der Waals surface area (Å²) in [6.45, 7) is 0. The maximum Gasteiger partial charge on any atom is 0.163 e. The molecule has 0 saturated carbocycles. The quantitative estimate of drug-likeness (QED) is 0.574. The van der Waals surface area contributed by atoms with E-state index in [4.69, 9.17) is 23.2 Å². The van der Waals surface area contributed by atoms with Gasteiger partial charge in [-0.1, -0.05) is 11.6 Å². The van der Waals surface area contributed by atoms with Crippen LogP contribution in [0.5, 0.6) is 0 Å². The van der Waals surface area contributed by atoms with Crippen LogP contribution in [0.15, 0.2) is 18.2 Å². The Bertz CT molecular complexity index is 339. The van der Waals surface area contributed by atoms with Crippen molar-refractivity contribution >= 4 is 29.0 Å². The molecule has 0 amide bonds. The summed E-state index contributed by atoms with van der Waals surface area (Å²) in [6, 6.07) is 4.05. The maximum absolute atomic E-state index is 13.0. The van der Waals surface area contributed by atoms with Gasteiger partial charge in [-0.25, -0.2) is 4.39 Å². The summed E-state index contributed by atoms with van der Waals surface area (Å²) < 4.78 is 13.0. The zero-order valence-corrected chi connectivity index (χ0v) is 8.91. The number of rotatable bonds is 4. The molecular weight excluding hydrogens is 226 g/mol. The van der Waals surface area contributed by atoms with Crippen molar-refractivity contribution in [1.82, 2.24) is 0 Å². The lowest BCUT2D eigenvalue weighted by Gasteiger charge is -2.00. The topological polar surface area (TPSA) is 17.1 Å². The molecule has 0 atom stereocenters. The lowest BCUT2D eigenvalue weighted by molar-refractivity contribution is 0.0981. The first-order chi connectivity index (χ1) is 6.65. The van der Waals surface area contributed by atoms with Crippen molar-refractivity contribution in [2.24, 2.45) is 0 Å². The van der Waals surface area contributed by atoms with Crippen molar-refractivity contribution in [3.63, 3.8) is 0 Å². The molecule has 0 radical (unpaired) electrons. The average Bonchev–Trinajstić information content (AvgIpc) is 2.18. The van der Waals surface area contributed by atoms with Crippen molar-refractivity contribution in [2.45, 2.75) is 12.8 Å². The van der Waals surface area contributed by atoms with Gasteiger partial charge in [-0.2, -0.15) is 0 Å². The van der Waals surface area contributed by atoms with Gasteiger partial charge in [-0.05, 0) is 24.6 Å². The number of Topliss-reactive ketones (excluding diaryl/α,β-unsaturated/α-hetero) is 1. The molecule has 1 nitrogen and oxygen atoms in total. The number of hydrogen-bond acceptors (Lipinski definition) is 1. The van der Waals surface area contributed by atoms with Gasteiger partial charge < -0.3 is 0 Å². The van der Waals surface area contributed by atoms with Crippen molar-refractivity contribution in [1.29, 1.82) is 0 Å². The van der Waals surface area contributed by atoms with Crippen molar-refractivity contribution < 1.29 is 9.18 Å². The first kappa shape index (κ1) is 11.5. The zero-order valence-electron chi connectivity index (χ0n) is 7.40. The predicted molar refractivity (Wildman–Crippen MR) is 55.7 cm³/mol. The Balaban J connectivity index is 2.76. The fourth-order valence-corrected chi connectivity index (χ4v) is 1.29. The van der Waals surface area contributed by atoms with Crippen LogP contribution in [0.25, 0.3) is 0 Å². The number of hydrogen-bond donors (Lipinski definition) is 0. The third kappa shape index (κ3) is 2.96. The van der Waals surface area contributed by atoms with Gasteiger partial charge in [0.25, 0.3) is 0 Å². The van der Waals surface area contributed by atoms with E-state index in [-0.39, 0.29) is 10.8 Å². The lowest BCUT2D eigenvalue weighted by atomic mass is 10.1. The van der Waals surface area contributed by atoms with E-state index in [2.05, 4.69) is 0 Å². The number of ketones is 1. The van der Waals surface area contributed by atoms with Gasteiger partial charge in [0.05, 0.1) is 5.02 Å². The summed E-state index contributed by atoms with van der Waals surface area (Å²) in [4.78, 5) is 11.4. The van der Waals surface area contributed by atoms with E-state index in [0.29, 0.717) is 24.3 Å². The minimum atomic E-state index is -0.566. The first-order valence-electron chi connectivity index (χ1n) is 4.19. The molecule has 0 N–H and O–H groups in total. The summed E-state index contributed by atoms with van der Waals surface area (Å²) >= 11 is 10.9. The summed E-state index contributed by atoms with van der Waals surface area (Å²) in [7, 11) is 0. The molecular formula is C10H9Cl2FO. The Hall–Kier alpha value is -0.600. The molecule has 0 aromatic heterocycles. The highest BCUT2D eigenvalue weighted by Gasteiger charge is 2.08. The van der Waals surface area contributed by atoms with Crippen LogP contribution < -0.4 is 0 Å². The molecule has 0 bridgehead atoms. The van der Waals surface area contributed by atoms with E-state index in [9.17, 15) is 9.18 Å². The molecule has 0 spiro atoms. The van der Waals surface area contributed by atoms with Gasteiger partial charge in [-0.3, -0.25) is 4.79 Å². The zero-order chi connectivity index (χ0) is 10.6. The molecule has 1 aromatic rings. The first-order valence-corrected chi connectivity index (χ1v) is 5.10. The Morgan fingerprint density at radius 3 is 2.71 bits per heavy atom. The standard InChI is InChI=1S/C10H9Cl2FO/c11-5-1-2-10(14)7-3-4-8(12)9(13)6-7/h3-4,6H,1-2,5H2. The SMILES string of the molecule is O=C(CCCCl)c1ccc(Cl)c(F)c1. The smallest absolute Gasteiger partial charge is 0.163 e. The van der Waals surface area contributed by atoms with Crippen molar-refractivity contribution in [3.8, 4) is 0 Å². The molecule has 0 unspecified atom stereocenters. The number of carbonyl (C=O) groups excluding carboxylic acids is 1. The minimum Gasteiger partial charge on any atom is -0.294 e. The van der Waals surface area contributed by atoms with E-state index in [1.165, 1.54) is 12.1 Å². The van der Waals surface area contributed by atoms with Crippen LogP contribution >= 0.6 is 23.2 Å². The lowest BCUT2D eigenvalue weighted by Crippen LogP contribution is -1.99. The summed E-state index contributed by atoms with van der Waals surface area (Å²) in [6.07, 6.45) is 0.940. The van der Waals surface area contributed by atoms with E-state index in [1.54, 1.807) is 0 Å². The molecule has 0 aliphatic heterocycles. The second kappa shape index (κ2) is 5.32. The second-order valence-corrected chi connectivity index (χ2v) is 3.63. The van der Waals surface area contributed by atoms with Gasteiger partial charge in [-0.15, -0.1) is 11.6 Å². The van der Waals surface area contributed by atoms with E-state index >= 15 is 0 Å². The molecule has 1 aromatic carbocycles. The highest BCUT2D eigenvalue weighted by atomic mass is 35.5. The molecule has 0 fully saturated rings. The number of benzene rings is 1. The molecule has 1 rings (SSSR count). The number of carbonyl (C=O) groups is 1. The van der Waals surface area contributed by atoms with Crippen LogP contribution in [0.1, 0.15) is 23.2 Å². The Morgan fingerprint density at radius 2 is 2.14 bits per heavy atom. The van der Waals surface area contributed by atoms with E-state index in [1.807, 2.05) is 0 Å². The predicted octanol–water partition coefficient (Wildman–Crippen LogP) is 3.68. The number of alkyl halides is 1. The Labute approximate surface area is 91.8 Å². The highest BCUT2D eigenvalue weighted by Crippen LogP contribution is 2.16. The molecule has 14 heavy (non-hydrogen) atoms. The molecule has 0 aliphatic carbocycles. The van der Waals surface area contributed by atoms with Crippen LogP contribution in [0.2, 0.25) is 5.02 Å². The molecule has 0 aliphatic rings. The number of halogens is 3. The van der Waals surface area contributed by atoms with E-state index < -0.39 is 5.82 Å². The molecule has 0 saturated heterocycles. The van der Waals surface area contributed by atoms with Crippen LogP contribution in [0, 0.1) is 5.82 Å². The average molecular weight is 235 g/mol. The van der Waals surface area contributed by atoms with Crippen LogP contribution in [-0.4, -0.2) is 11.7 Å². The molecule has 76 valence electrons. The largest absolute Gasteiger partial charge is 0.294 e. The molecule has 0 heterocycles. The van der Waals surface area contributed by atoms with Gasteiger partial charge in [0.2, 0.25) is 0 Å². The fraction of sp³-hybridized carbons (Fsp3) is 0.300. The van der Waals surface area contributed by atoms with E-state index in [0.717, 1.165) is 6.07 Å². The van der Waals surface area contributed by atoms with Gasteiger partial charge in [0.1, 0.15) is 5.82 Å².